The van der Waals surface area contributed by atoms with Crippen LogP contribution in [0.3, 0.4) is 0 Å². The number of fused-ring (bicyclic) bond motifs is 1. The number of aliphatic hydroxyl groups is 2. The summed E-state index contributed by atoms with van der Waals surface area (Å²) in [5.41, 5.74) is 0.0486. The third-order valence-electron chi connectivity index (χ3n) is 5.41. The van der Waals surface area contributed by atoms with Crippen LogP contribution in [0.25, 0.3) is 0 Å². The quantitative estimate of drug-likeness (QED) is 0.275. The van der Waals surface area contributed by atoms with Crippen molar-refractivity contribution in [2.24, 2.45) is 5.92 Å². The van der Waals surface area contributed by atoms with Crippen molar-refractivity contribution in [3.05, 3.63) is 59.1 Å². The molecule has 32 heavy (non-hydrogen) atoms. The highest BCUT2D eigenvalue weighted by Gasteiger charge is 2.40. The van der Waals surface area contributed by atoms with Crippen molar-refractivity contribution in [1.29, 1.82) is 0 Å². The second-order valence-corrected chi connectivity index (χ2v) is 7.58. The molecule has 10 heteroatoms. The van der Waals surface area contributed by atoms with Crippen molar-refractivity contribution in [3.63, 3.8) is 0 Å². The minimum atomic E-state index is -0.994. The Bertz CT molecular complexity index is 1130. The predicted octanol–water partition coefficient (Wildman–Crippen LogP) is 2.65. The Morgan fingerprint density at radius 1 is 0.906 bits per heavy atom. The van der Waals surface area contributed by atoms with Crippen LogP contribution in [0.1, 0.15) is 22.3 Å². The highest BCUT2D eigenvalue weighted by molar-refractivity contribution is 5.91. The fourth-order valence-corrected chi connectivity index (χ4v) is 3.80. The number of carbonyl (C=O) groups is 1. The third-order valence-corrected chi connectivity index (χ3v) is 5.41. The van der Waals surface area contributed by atoms with Crippen LogP contribution in [0.5, 0.6) is 34.5 Å². The molecule has 1 unspecified atom stereocenters. The van der Waals surface area contributed by atoms with Gasteiger partial charge in [-0.1, -0.05) is 0 Å². The lowest BCUT2D eigenvalue weighted by Gasteiger charge is -2.37. The first-order valence-corrected chi connectivity index (χ1v) is 9.61. The van der Waals surface area contributed by atoms with Gasteiger partial charge in [-0.05, 0) is 30.7 Å². The summed E-state index contributed by atoms with van der Waals surface area (Å²) in [6, 6.07) is 4.26. The minimum Gasteiger partial charge on any atom is -0.508 e. The van der Waals surface area contributed by atoms with Gasteiger partial charge in [0.15, 0.2) is 28.8 Å². The Hall–Kier alpha value is -4.21. The van der Waals surface area contributed by atoms with E-state index in [2.05, 4.69) is 0 Å². The van der Waals surface area contributed by atoms with E-state index in [4.69, 9.17) is 9.47 Å². The molecule has 2 aromatic rings. The normalized spacial score (nSPS) is 22.2. The molecular weight excluding hydrogens is 424 g/mol. The largest absolute Gasteiger partial charge is 0.508 e. The van der Waals surface area contributed by atoms with Crippen LogP contribution in [0.2, 0.25) is 0 Å². The Kier molecular flexibility index (Phi) is 5.13. The Balaban J connectivity index is 1.67. The summed E-state index contributed by atoms with van der Waals surface area (Å²) in [6.45, 7) is 0. The lowest BCUT2D eigenvalue weighted by Crippen LogP contribution is -2.45. The molecule has 0 saturated heterocycles. The molecule has 0 amide bonds. The minimum absolute atomic E-state index is 0.00526. The molecule has 0 radical (unpaired) electrons. The molecular formula is C22H20O10. The van der Waals surface area contributed by atoms with Crippen molar-refractivity contribution >= 4 is 5.97 Å². The highest BCUT2D eigenvalue weighted by atomic mass is 16.6. The second kappa shape index (κ2) is 7.80. The van der Waals surface area contributed by atoms with E-state index >= 15 is 0 Å². The smallest absolute Gasteiger partial charge is 0.338 e. The van der Waals surface area contributed by atoms with E-state index in [-0.39, 0.29) is 52.7 Å². The Morgan fingerprint density at radius 2 is 1.59 bits per heavy atom. The zero-order chi connectivity index (χ0) is 23.2. The molecule has 0 bridgehead atoms. The van der Waals surface area contributed by atoms with Gasteiger partial charge in [0.25, 0.3) is 0 Å². The van der Waals surface area contributed by atoms with Crippen LogP contribution in [0, 0.1) is 5.92 Å². The number of rotatable bonds is 3. The van der Waals surface area contributed by atoms with Crippen molar-refractivity contribution < 1.29 is 50.0 Å². The maximum Gasteiger partial charge on any atom is 0.338 e. The summed E-state index contributed by atoms with van der Waals surface area (Å²) >= 11 is 0. The lowest BCUT2D eigenvalue weighted by atomic mass is 9.85. The number of aliphatic hydroxyl groups excluding tert-OH is 2. The number of aromatic hydroxyl groups is 5. The fourth-order valence-electron chi connectivity index (χ4n) is 3.80. The zero-order valence-corrected chi connectivity index (χ0v) is 16.5. The third kappa shape index (κ3) is 3.78. The number of hydrogen-bond acceptors (Lipinski definition) is 10. The zero-order valence-electron chi connectivity index (χ0n) is 16.5. The number of phenolic OH excluding ortho intramolecular Hbond substituents is 5. The van der Waals surface area contributed by atoms with Crippen LogP contribution < -0.4 is 4.74 Å². The van der Waals surface area contributed by atoms with Gasteiger partial charge in [0, 0.05) is 30.0 Å². The summed E-state index contributed by atoms with van der Waals surface area (Å²) in [6.07, 6.45) is 1.11. The maximum absolute atomic E-state index is 12.7. The van der Waals surface area contributed by atoms with E-state index in [1.54, 1.807) is 0 Å². The van der Waals surface area contributed by atoms with E-state index in [9.17, 15) is 40.5 Å². The summed E-state index contributed by atoms with van der Waals surface area (Å²) in [4.78, 5) is 12.7. The van der Waals surface area contributed by atoms with E-state index in [1.165, 1.54) is 18.2 Å². The number of benzene rings is 2. The van der Waals surface area contributed by atoms with Gasteiger partial charge in [-0.25, -0.2) is 4.79 Å². The van der Waals surface area contributed by atoms with E-state index in [1.807, 2.05) is 0 Å². The average molecular weight is 444 g/mol. The van der Waals surface area contributed by atoms with Crippen molar-refractivity contribution in [2.75, 3.05) is 0 Å². The molecule has 2 aliphatic rings. The van der Waals surface area contributed by atoms with Gasteiger partial charge in [0.05, 0.1) is 5.56 Å². The number of esters is 1. The summed E-state index contributed by atoms with van der Waals surface area (Å²) in [7, 11) is 0. The molecule has 4 rings (SSSR count). The molecule has 0 fully saturated rings. The van der Waals surface area contributed by atoms with E-state index < -0.39 is 41.3 Å². The Labute approximate surface area is 181 Å². The molecule has 2 aromatic carbocycles. The SMILES string of the molecule is O=C(O[C@@H]1Cc2c(O)cc(O)cc2O[C@H]1C1C=C(O)C(O)=CC1)c1cc(O)c(O)c(O)c1. The van der Waals surface area contributed by atoms with Gasteiger partial charge in [-0.2, -0.15) is 0 Å². The van der Waals surface area contributed by atoms with E-state index in [0.717, 1.165) is 18.2 Å². The molecule has 0 saturated carbocycles. The van der Waals surface area contributed by atoms with Crippen molar-refractivity contribution in [1.82, 2.24) is 0 Å². The molecule has 0 spiro atoms. The maximum atomic E-state index is 12.7. The van der Waals surface area contributed by atoms with Crippen LogP contribution in [-0.2, 0) is 11.2 Å². The van der Waals surface area contributed by atoms with Gasteiger partial charge < -0.3 is 45.2 Å². The van der Waals surface area contributed by atoms with Crippen LogP contribution in [-0.4, -0.2) is 53.9 Å². The second-order valence-electron chi connectivity index (χ2n) is 7.58. The lowest BCUT2D eigenvalue weighted by molar-refractivity contribution is -0.0316. The fraction of sp³-hybridized carbons (Fsp3) is 0.227. The number of hydrogen-bond donors (Lipinski definition) is 7. The standard InChI is InChI=1S/C22H20O10/c23-11-6-14(25)12-8-19(32-22(30)10-4-16(27)20(29)17(28)5-10)21(31-18(12)7-11)9-1-2-13(24)15(26)3-9/h2-7,9,19,21,23-29H,1,8H2/t9?,19-,21+/m1/s1. The number of phenols is 5. The van der Waals surface area contributed by atoms with Crippen LogP contribution >= 0.6 is 0 Å². The Morgan fingerprint density at radius 3 is 2.25 bits per heavy atom. The first-order valence-electron chi connectivity index (χ1n) is 9.61. The highest BCUT2D eigenvalue weighted by Crippen LogP contribution is 2.42. The number of carbonyl (C=O) groups excluding carboxylic acids is 1. The number of allylic oxidation sites excluding steroid dienone is 1. The predicted molar refractivity (Wildman–Crippen MR) is 108 cm³/mol. The molecule has 7 N–H and O–H groups in total. The average Bonchev–Trinajstić information content (AvgIpc) is 2.73. The molecule has 1 aliphatic carbocycles. The number of ether oxygens (including phenoxy) is 2. The van der Waals surface area contributed by atoms with Gasteiger partial charge in [-0.15, -0.1) is 0 Å². The summed E-state index contributed by atoms with van der Waals surface area (Å²) in [5, 5.41) is 68.4. The molecule has 1 aliphatic heterocycles. The first kappa shape index (κ1) is 21.0. The van der Waals surface area contributed by atoms with Gasteiger partial charge in [-0.3, -0.25) is 0 Å². The molecule has 10 nitrogen and oxygen atoms in total. The van der Waals surface area contributed by atoms with Crippen LogP contribution in [0.15, 0.2) is 47.9 Å². The van der Waals surface area contributed by atoms with Crippen molar-refractivity contribution in [2.45, 2.75) is 25.0 Å². The van der Waals surface area contributed by atoms with Gasteiger partial charge in [0.2, 0.25) is 0 Å². The van der Waals surface area contributed by atoms with Gasteiger partial charge >= 0.3 is 5.97 Å². The van der Waals surface area contributed by atoms with Crippen LogP contribution in [0.4, 0.5) is 0 Å². The van der Waals surface area contributed by atoms with Gasteiger partial charge in [0.1, 0.15) is 29.5 Å². The first-order chi connectivity index (χ1) is 15.1. The molecule has 1 heterocycles. The monoisotopic (exact) mass is 444 g/mol. The van der Waals surface area contributed by atoms with Crippen molar-refractivity contribution in [3.8, 4) is 34.5 Å². The summed E-state index contributed by atoms with van der Waals surface area (Å²) in [5.74, 6) is -4.69. The molecule has 3 atom stereocenters. The molecule has 168 valence electrons. The topological polar surface area (TPSA) is 177 Å². The van der Waals surface area contributed by atoms with E-state index in [0.29, 0.717) is 0 Å². The summed E-state index contributed by atoms with van der Waals surface area (Å²) < 4.78 is 11.5. The molecule has 0 aromatic heterocycles.